The molecule has 1 aliphatic heterocycles. The Morgan fingerprint density at radius 3 is 2.73 bits per heavy atom. The first-order chi connectivity index (χ1) is 14.3. The second-order valence-corrected chi connectivity index (χ2v) is 7.79. The van der Waals surface area contributed by atoms with Gasteiger partial charge in [-0.2, -0.15) is 5.10 Å². The molecule has 1 saturated heterocycles. The first-order valence-corrected chi connectivity index (χ1v) is 9.58. The van der Waals surface area contributed by atoms with E-state index in [1.165, 1.54) is 29.1 Å². The van der Waals surface area contributed by atoms with Crippen LogP contribution in [0.4, 0.5) is 14.5 Å². The first-order valence-electron chi connectivity index (χ1n) is 9.58. The van der Waals surface area contributed by atoms with Crippen LogP contribution in [0.5, 0.6) is 0 Å². The maximum atomic E-state index is 14.7. The molecule has 30 heavy (non-hydrogen) atoms. The number of aromatic nitrogens is 2. The van der Waals surface area contributed by atoms with E-state index in [9.17, 15) is 18.4 Å². The largest absolute Gasteiger partial charge is 0.366 e. The molecular weight excluding hydrogens is 392 g/mol. The molecule has 0 saturated carbocycles. The van der Waals surface area contributed by atoms with Crippen LogP contribution in [-0.2, 0) is 4.79 Å². The summed E-state index contributed by atoms with van der Waals surface area (Å²) in [7, 11) is 0. The zero-order valence-electron chi connectivity index (χ0n) is 16.3. The van der Waals surface area contributed by atoms with Crippen molar-refractivity contribution in [3.05, 3.63) is 53.7 Å². The van der Waals surface area contributed by atoms with Crippen molar-refractivity contribution in [3.63, 3.8) is 0 Å². The normalized spacial score (nSPS) is 19.0. The third kappa shape index (κ3) is 3.63. The van der Waals surface area contributed by atoms with Gasteiger partial charge in [0.05, 0.1) is 22.4 Å². The summed E-state index contributed by atoms with van der Waals surface area (Å²) >= 11 is 0. The molecule has 9 heteroatoms. The summed E-state index contributed by atoms with van der Waals surface area (Å²) in [4.78, 5) is 24.2. The molecule has 7 nitrogen and oxygen atoms in total. The Balaban J connectivity index is 1.63. The highest BCUT2D eigenvalue weighted by Gasteiger charge is 2.35. The molecule has 1 fully saturated rings. The van der Waals surface area contributed by atoms with Crippen molar-refractivity contribution in [1.29, 1.82) is 0 Å². The van der Waals surface area contributed by atoms with Gasteiger partial charge in [-0.05, 0) is 50.6 Å². The number of carbonyl (C=O) groups is 2. The molecule has 4 rings (SSSR count). The van der Waals surface area contributed by atoms with Gasteiger partial charge in [-0.15, -0.1) is 0 Å². The maximum Gasteiger partial charge on any atom is 0.251 e. The molecule has 0 unspecified atom stereocenters. The highest BCUT2D eigenvalue weighted by Crippen LogP contribution is 2.29. The predicted molar refractivity (Wildman–Crippen MR) is 108 cm³/mol. The SMILES string of the molecule is C[C@@]1(C(=O)Nc2ccc(-n3cc4cc(F)cc(C(N)=O)c4n3)cc2F)CCCNC1. The van der Waals surface area contributed by atoms with Crippen LogP contribution in [0.15, 0.2) is 36.5 Å². The number of amides is 2. The second kappa shape index (κ2) is 7.49. The smallest absolute Gasteiger partial charge is 0.251 e. The lowest BCUT2D eigenvalue weighted by Gasteiger charge is -2.32. The number of rotatable bonds is 4. The number of piperidine rings is 1. The van der Waals surface area contributed by atoms with Crippen LogP contribution in [-0.4, -0.2) is 34.7 Å². The summed E-state index contributed by atoms with van der Waals surface area (Å²) in [5.41, 5.74) is 5.29. The Morgan fingerprint density at radius 2 is 2.07 bits per heavy atom. The van der Waals surface area contributed by atoms with E-state index in [4.69, 9.17) is 5.73 Å². The van der Waals surface area contributed by atoms with E-state index in [1.807, 2.05) is 6.92 Å². The first kappa shape index (κ1) is 20.0. The molecule has 0 bridgehead atoms. The molecule has 1 atom stereocenters. The van der Waals surface area contributed by atoms with Gasteiger partial charge < -0.3 is 16.4 Å². The van der Waals surface area contributed by atoms with Gasteiger partial charge >= 0.3 is 0 Å². The Labute approximate surface area is 171 Å². The lowest BCUT2D eigenvalue weighted by atomic mass is 9.82. The van der Waals surface area contributed by atoms with Gasteiger partial charge in [0, 0.05) is 24.2 Å². The minimum Gasteiger partial charge on any atom is -0.366 e. The van der Waals surface area contributed by atoms with E-state index in [-0.39, 0.29) is 22.7 Å². The average Bonchev–Trinajstić information content (AvgIpc) is 3.13. The number of nitrogens with two attached hydrogens (primary N) is 1. The lowest BCUT2D eigenvalue weighted by molar-refractivity contribution is -0.125. The standard InChI is InChI=1S/C21H21F2N5O2/c1-21(5-2-6-25-11-21)20(30)26-17-4-3-14(9-16(17)23)28-10-12-7-13(22)8-15(19(24)29)18(12)27-28/h3-4,7-10,25H,2,5-6,11H2,1H3,(H2,24,29)(H,26,30)/t21-/m1/s1. The Morgan fingerprint density at radius 1 is 1.27 bits per heavy atom. The number of anilines is 1. The van der Waals surface area contributed by atoms with Crippen LogP contribution in [0, 0.1) is 17.0 Å². The maximum absolute atomic E-state index is 14.7. The number of nitrogens with zero attached hydrogens (tertiary/aromatic N) is 2. The molecule has 156 valence electrons. The van der Waals surface area contributed by atoms with Crippen LogP contribution in [0.25, 0.3) is 16.6 Å². The van der Waals surface area contributed by atoms with Gasteiger partial charge in [-0.25, -0.2) is 13.5 Å². The Kier molecular flexibility index (Phi) is 4.98. The van der Waals surface area contributed by atoms with Crippen LogP contribution < -0.4 is 16.4 Å². The van der Waals surface area contributed by atoms with Crippen LogP contribution in [0.1, 0.15) is 30.1 Å². The van der Waals surface area contributed by atoms with Gasteiger partial charge in [0.1, 0.15) is 17.2 Å². The molecule has 1 aliphatic rings. The summed E-state index contributed by atoms with van der Waals surface area (Å²) in [6.45, 7) is 3.26. The number of carbonyl (C=O) groups excluding carboxylic acids is 2. The highest BCUT2D eigenvalue weighted by atomic mass is 19.1. The number of hydrogen-bond donors (Lipinski definition) is 3. The second-order valence-electron chi connectivity index (χ2n) is 7.79. The van der Waals surface area contributed by atoms with E-state index >= 15 is 0 Å². The number of fused-ring (bicyclic) bond motifs is 1. The lowest BCUT2D eigenvalue weighted by Crippen LogP contribution is -2.46. The average molecular weight is 413 g/mol. The van der Waals surface area contributed by atoms with Gasteiger partial charge in [0.15, 0.2) is 0 Å². The third-order valence-corrected chi connectivity index (χ3v) is 5.45. The Hall–Kier alpha value is -3.33. The molecule has 2 aromatic carbocycles. The van der Waals surface area contributed by atoms with E-state index in [1.54, 1.807) is 6.07 Å². The molecule has 0 spiro atoms. The van der Waals surface area contributed by atoms with E-state index in [0.717, 1.165) is 25.5 Å². The third-order valence-electron chi connectivity index (χ3n) is 5.45. The fourth-order valence-electron chi connectivity index (χ4n) is 3.69. The summed E-state index contributed by atoms with van der Waals surface area (Å²) in [5.74, 6) is -2.30. The molecule has 1 aromatic heterocycles. The number of benzene rings is 2. The van der Waals surface area contributed by atoms with Gasteiger partial charge in [-0.3, -0.25) is 9.59 Å². The van der Waals surface area contributed by atoms with Crippen molar-refractivity contribution in [2.75, 3.05) is 18.4 Å². The minimum atomic E-state index is -0.806. The van der Waals surface area contributed by atoms with Crippen molar-refractivity contribution in [2.24, 2.45) is 11.1 Å². The number of nitrogens with one attached hydrogen (secondary N) is 2. The zero-order valence-corrected chi connectivity index (χ0v) is 16.3. The van der Waals surface area contributed by atoms with Crippen molar-refractivity contribution < 1.29 is 18.4 Å². The number of hydrogen-bond acceptors (Lipinski definition) is 4. The fraction of sp³-hybridized carbons (Fsp3) is 0.286. The summed E-state index contributed by atoms with van der Waals surface area (Å²) < 4.78 is 29.8. The van der Waals surface area contributed by atoms with Crippen molar-refractivity contribution in [1.82, 2.24) is 15.1 Å². The summed E-state index contributed by atoms with van der Waals surface area (Å²) in [5, 5.41) is 10.5. The molecule has 4 N–H and O–H groups in total. The monoisotopic (exact) mass is 413 g/mol. The molecule has 0 aliphatic carbocycles. The topological polar surface area (TPSA) is 102 Å². The number of halogens is 2. The molecular formula is C21H21F2N5O2. The highest BCUT2D eigenvalue weighted by molar-refractivity contribution is 6.04. The fourth-order valence-corrected chi connectivity index (χ4v) is 3.69. The van der Waals surface area contributed by atoms with Crippen LogP contribution in [0.2, 0.25) is 0 Å². The zero-order chi connectivity index (χ0) is 21.5. The summed E-state index contributed by atoms with van der Waals surface area (Å²) in [6.07, 6.45) is 3.09. The van der Waals surface area contributed by atoms with Gasteiger partial charge in [0.2, 0.25) is 5.91 Å². The van der Waals surface area contributed by atoms with Crippen molar-refractivity contribution >= 4 is 28.4 Å². The Bertz CT molecular complexity index is 1150. The van der Waals surface area contributed by atoms with Gasteiger partial charge in [-0.1, -0.05) is 0 Å². The van der Waals surface area contributed by atoms with Crippen LogP contribution in [0.3, 0.4) is 0 Å². The number of primary amides is 1. The quantitative estimate of drug-likeness (QED) is 0.612. The molecule has 0 radical (unpaired) electrons. The molecule has 2 amide bonds. The minimum absolute atomic E-state index is 0.0533. The van der Waals surface area contributed by atoms with Crippen molar-refractivity contribution in [2.45, 2.75) is 19.8 Å². The summed E-state index contributed by atoms with van der Waals surface area (Å²) in [6, 6.07) is 6.47. The van der Waals surface area contributed by atoms with Gasteiger partial charge in [0.25, 0.3) is 5.91 Å². The van der Waals surface area contributed by atoms with Crippen LogP contribution >= 0.6 is 0 Å². The molecule has 2 heterocycles. The van der Waals surface area contributed by atoms with E-state index < -0.39 is 23.0 Å². The van der Waals surface area contributed by atoms with E-state index in [2.05, 4.69) is 15.7 Å². The molecule has 3 aromatic rings. The van der Waals surface area contributed by atoms with E-state index in [0.29, 0.717) is 17.6 Å². The predicted octanol–water partition coefficient (Wildman–Crippen LogP) is 2.73. The van der Waals surface area contributed by atoms with Crippen molar-refractivity contribution in [3.8, 4) is 5.69 Å².